The average molecular weight is 689 g/mol. The van der Waals surface area contributed by atoms with E-state index in [2.05, 4.69) is 0 Å². The van der Waals surface area contributed by atoms with Gasteiger partial charge in [0.15, 0.2) is 28.7 Å². The van der Waals surface area contributed by atoms with Gasteiger partial charge in [-0.1, -0.05) is 36.4 Å². The van der Waals surface area contributed by atoms with Crippen molar-refractivity contribution in [1.29, 1.82) is 0 Å². The number of ether oxygens (including phenoxy) is 8. The Balaban J connectivity index is 0.000000271. The molecule has 4 aromatic rings. The molecule has 0 amide bonds. The van der Waals surface area contributed by atoms with Gasteiger partial charge in [-0.3, -0.25) is 10.1 Å². The third-order valence-electron chi connectivity index (χ3n) is 7.12. The molecular formula is C38H44N2O10. The van der Waals surface area contributed by atoms with Crippen LogP contribution in [0.5, 0.6) is 46.0 Å². The summed E-state index contributed by atoms with van der Waals surface area (Å²) in [4.78, 5) is 10.8. The van der Waals surface area contributed by atoms with Gasteiger partial charge in [0.1, 0.15) is 5.75 Å². The number of nitrogens with two attached hydrogens (primary N) is 1. The summed E-state index contributed by atoms with van der Waals surface area (Å²) in [5, 5.41) is 11.2. The van der Waals surface area contributed by atoms with Gasteiger partial charge >= 0.3 is 5.69 Å². The molecule has 0 spiro atoms. The Hall–Kier alpha value is -6.04. The minimum Gasteiger partial charge on any atom is -0.493 e. The summed E-state index contributed by atoms with van der Waals surface area (Å²) in [6, 6.07) is 17.9. The van der Waals surface area contributed by atoms with Gasteiger partial charge in [-0.15, -0.1) is 0 Å². The molecule has 2 N–H and O–H groups in total. The number of nitrogen functional groups attached to an aromatic ring is 1. The second-order valence-corrected chi connectivity index (χ2v) is 10.2. The monoisotopic (exact) mass is 688 g/mol. The van der Waals surface area contributed by atoms with E-state index in [9.17, 15) is 10.1 Å². The van der Waals surface area contributed by atoms with Crippen LogP contribution in [-0.2, 0) is 0 Å². The summed E-state index contributed by atoms with van der Waals surface area (Å²) in [5.41, 5.74) is 9.92. The van der Waals surface area contributed by atoms with Crippen molar-refractivity contribution in [2.24, 2.45) is 0 Å². The number of nitro benzene ring substituents is 1. The molecule has 0 radical (unpaired) electrons. The topological polar surface area (TPSA) is 143 Å². The Bertz CT molecular complexity index is 1750. The number of anilines is 1. The van der Waals surface area contributed by atoms with Gasteiger partial charge in [-0.05, 0) is 78.6 Å². The molecule has 266 valence electrons. The Morgan fingerprint density at radius 3 is 1.28 bits per heavy atom. The Morgan fingerprint density at radius 1 is 0.540 bits per heavy atom. The van der Waals surface area contributed by atoms with Crippen LogP contribution in [0.1, 0.15) is 36.1 Å². The standard InChI is InChI=1S/C19H21NO6.C19H23NO4/c1-5-26-16-9-8-13(10-15(16)20(21)22)6-7-14-11-17(23-2)19(25-4)18(12-14)24-3;1-5-24-16-9-8-13(10-15(16)20)6-7-14-11-17(21-2)19(23-4)18(12-14)22-3/h6-12H,5H2,1-4H3;6-12H,5,20H2,1-4H3/b2*7-6-. The summed E-state index contributed by atoms with van der Waals surface area (Å²) in [5.74, 6) is 4.31. The molecule has 0 aliphatic heterocycles. The van der Waals surface area contributed by atoms with Crippen LogP contribution < -0.4 is 43.6 Å². The fourth-order valence-electron chi connectivity index (χ4n) is 4.80. The van der Waals surface area contributed by atoms with E-state index >= 15 is 0 Å². The van der Waals surface area contributed by atoms with Gasteiger partial charge in [0.2, 0.25) is 11.5 Å². The predicted molar refractivity (Wildman–Crippen MR) is 196 cm³/mol. The van der Waals surface area contributed by atoms with Crippen LogP contribution in [0, 0.1) is 10.1 Å². The number of hydrogen-bond donors (Lipinski definition) is 1. The van der Waals surface area contributed by atoms with Gasteiger partial charge in [-0.2, -0.15) is 0 Å². The molecule has 50 heavy (non-hydrogen) atoms. The Labute approximate surface area is 292 Å². The molecule has 0 aliphatic carbocycles. The molecule has 0 saturated carbocycles. The van der Waals surface area contributed by atoms with Crippen LogP contribution in [0.25, 0.3) is 24.3 Å². The first kappa shape index (κ1) is 38.4. The zero-order valence-electron chi connectivity index (χ0n) is 29.6. The van der Waals surface area contributed by atoms with Crippen molar-refractivity contribution >= 4 is 35.7 Å². The highest BCUT2D eigenvalue weighted by Gasteiger charge is 2.16. The molecule has 4 aromatic carbocycles. The Morgan fingerprint density at radius 2 is 0.920 bits per heavy atom. The zero-order valence-corrected chi connectivity index (χ0v) is 29.6. The van der Waals surface area contributed by atoms with Gasteiger partial charge in [-0.25, -0.2) is 0 Å². The maximum atomic E-state index is 11.2. The molecule has 0 aliphatic rings. The van der Waals surface area contributed by atoms with Gasteiger partial charge in [0.25, 0.3) is 0 Å². The number of benzene rings is 4. The number of nitrogens with zero attached hydrogens (tertiary/aromatic N) is 1. The third kappa shape index (κ3) is 9.99. The molecule has 0 atom stereocenters. The second-order valence-electron chi connectivity index (χ2n) is 10.2. The summed E-state index contributed by atoms with van der Waals surface area (Å²) in [6.07, 6.45) is 7.50. The zero-order chi connectivity index (χ0) is 36.6. The SMILES string of the molecule is CCOc1ccc(/C=C\c2cc(OC)c(OC)c(OC)c2)cc1N.CCOc1ccc(/C=C\c2cc(OC)c(OC)c(OC)c2)cc1[N+](=O)[O-]. The van der Waals surface area contributed by atoms with E-state index in [1.165, 1.54) is 13.2 Å². The minimum atomic E-state index is -0.457. The highest BCUT2D eigenvalue weighted by Crippen LogP contribution is 2.40. The van der Waals surface area contributed by atoms with Crippen molar-refractivity contribution < 1.29 is 42.8 Å². The molecule has 12 heteroatoms. The first-order chi connectivity index (χ1) is 24.2. The lowest BCUT2D eigenvalue weighted by Crippen LogP contribution is -1.97. The van der Waals surface area contributed by atoms with Crippen LogP contribution in [0.3, 0.4) is 0 Å². The van der Waals surface area contributed by atoms with E-state index in [0.29, 0.717) is 64.7 Å². The molecule has 0 bridgehead atoms. The van der Waals surface area contributed by atoms with Crippen LogP contribution in [0.15, 0.2) is 60.7 Å². The molecule has 12 nitrogen and oxygen atoms in total. The van der Waals surface area contributed by atoms with E-state index < -0.39 is 4.92 Å². The molecule has 4 rings (SSSR count). The average Bonchev–Trinajstić information content (AvgIpc) is 3.13. The number of rotatable bonds is 15. The summed E-state index contributed by atoms with van der Waals surface area (Å²) >= 11 is 0. The largest absolute Gasteiger partial charge is 0.493 e. The van der Waals surface area contributed by atoms with Gasteiger partial charge in [0, 0.05) is 6.07 Å². The molecule has 0 aromatic heterocycles. The van der Waals surface area contributed by atoms with Crippen molar-refractivity contribution in [3.63, 3.8) is 0 Å². The minimum absolute atomic E-state index is 0.0705. The van der Waals surface area contributed by atoms with Crippen molar-refractivity contribution in [3.8, 4) is 46.0 Å². The quantitative estimate of drug-likeness (QED) is 0.0561. The highest BCUT2D eigenvalue weighted by molar-refractivity contribution is 5.75. The first-order valence-corrected chi connectivity index (χ1v) is 15.6. The van der Waals surface area contributed by atoms with Crippen molar-refractivity contribution in [2.75, 3.05) is 61.6 Å². The van der Waals surface area contributed by atoms with Gasteiger partial charge < -0.3 is 43.6 Å². The molecule has 0 unspecified atom stereocenters. The fraction of sp³-hybridized carbons (Fsp3) is 0.263. The van der Waals surface area contributed by atoms with E-state index in [4.69, 9.17) is 43.6 Å². The maximum Gasteiger partial charge on any atom is 0.311 e. The van der Waals surface area contributed by atoms with Crippen LogP contribution in [0.4, 0.5) is 11.4 Å². The van der Waals surface area contributed by atoms with Crippen LogP contribution in [-0.4, -0.2) is 60.8 Å². The lowest BCUT2D eigenvalue weighted by molar-refractivity contribution is -0.385. The van der Waals surface area contributed by atoms with E-state index in [1.807, 2.05) is 55.5 Å². The highest BCUT2D eigenvalue weighted by atomic mass is 16.6. The van der Waals surface area contributed by atoms with Crippen LogP contribution in [0.2, 0.25) is 0 Å². The predicted octanol–water partition coefficient (Wildman–Crippen LogP) is 8.05. The van der Waals surface area contributed by atoms with Gasteiger partial charge in [0.05, 0.1) is 66.5 Å². The first-order valence-electron chi connectivity index (χ1n) is 15.6. The van der Waals surface area contributed by atoms with Crippen molar-refractivity contribution in [2.45, 2.75) is 13.8 Å². The van der Waals surface area contributed by atoms with Crippen molar-refractivity contribution in [3.05, 3.63) is 93.0 Å². The maximum absolute atomic E-state index is 11.2. The van der Waals surface area contributed by atoms with E-state index in [0.717, 1.165) is 16.7 Å². The van der Waals surface area contributed by atoms with Crippen LogP contribution >= 0.6 is 0 Å². The molecule has 0 heterocycles. The molecular weight excluding hydrogens is 644 g/mol. The lowest BCUT2D eigenvalue weighted by Gasteiger charge is -2.12. The summed E-state index contributed by atoms with van der Waals surface area (Å²) in [7, 11) is 9.39. The normalized spacial score (nSPS) is 10.6. The lowest BCUT2D eigenvalue weighted by atomic mass is 10.1. The van der Waals surface area contributed by atoms with Crippen molar-refractivity contribution in [1.82, 2.24) is 0 Å². The third-order valence-corrected chi connectivity index (χ3v) is 7.12. The second kappa shape index (κ2) is 19.1. The smallest absolute Gasteiger partial charge is 0.311 e. The van der Waals surface area contributed by atoms with E-state index in [-0.39, 0.29) is 11.4 Å². The molecule has 0 saturated heterocycles. The number of methoxy groups -OCH3 is 6. The summed E-state index contributed by atoms with van der Waals surface area (Å²) in [6.45, 7) is 4.66. The number of nitro groups is 1. The number of hydrogen-bond acceptors (Lipinski definition) is 11. The van der Waals surface area contributed by atoms with E-state index in [1.54, 1.807) is 72.8 Å². The Kier molecular flexibility index (Phi) is 14.7. The summed E-state index contributed by atoms with van der Waals surface area (Å²) < 4.78 is 42.7. The molecule has 0 fully saturated rings. The fourth-order valence-corrected chi connectivity index (χ4v) is 4.80.